The van der Waals surface area contributed by atoms with Gasteiger partial charge in [-0.1, -0.05) is 30.7 Å². The zero-order valence-corrected chi connectivity index (χ0v) is 30.8. The standard InChI is InChI=1S/C36H35ClF4N10O4/c1-18-13-26(32(53)44-25-8-7-22(15-23(25)37)36(39,40)41)50-28(18)29(48-9-11-49(12-10-48)33(54)27-30(52)19(2)42-17-43-27)34(55)51-35(50)45-31(46-51)20-5-6-21(16-47(3)4)24(38)14-20/h5-8,14-15,17-18,26,52H,9-13,16H2,1-4H3,(H,44,53)/t18-,26-/m1/s1. The Kier molecular flexibility index (Phi) is 9.75. The Bertz CT molecular complexity index is 2410. The molecule has 2 atom stereocenters. The number of halogens is 5. The van der Waals surface area contributed by atoms with Crippen LogP contribution in [0, 0.1) is 12.7 Å². The van der Waals surface area contributed by atoms with E-state index >= 15 is 4.39 Å². The first-order chi connectivity index (χ1) is 26.0. The van der Waals surface area contributed by atoms with Crippen molar-refractivity contribution in [3.63, 3.8) is 0 Å². The van der Waals surface area contributed by atoms with Crippen LogP contribution in [-0.2, 0) is 17.5 Å². The van der Waals surface area contributed by atoms with Gasteiger partial charge in [0.05, 0.1) is 27.7 Å². The minimum absolute atomic E-state index is 0.00274. The van der Waals surface area contributed by atoms with Crippen LogP contribution in [0.25, 0.3) is 17.2 Å². The third kappa shape index (κ3) is 6.95. The molecule has 288 valence electrons. The van der Waals surface area contributed by atoms with Crippen LogP contribution in [0.5, 0.6) is 5.75 Å². The average molecular weight is 783 g/mol. The van der Waals surface area contributed by atoms with Gasteiger partial charge in [-0.15, -0.1) is 5.10 Å². The molecular formula is C36H35ClF4N10O4. The van der Waals surface area contributed by atoms with Crippen molar-refractivity contribution in [3.8, 4) is 17.1 Å². The smallest absolute Gasteiger partial charge is 0.416 e. The third-order valence-corrected chi connectivity index (χ3v) is 10.1. The number of piperazine rings is 1. The van der Waals surface area contributed by atoms with Gasteiger partial charge in [0.15, 0.2) is 17.3 Å². The zero-order chi connectivity index (χ0) is 39.5. The number of hydrogen-bond acceptors (Lipinski definition) is 10. The highest BCUT2D eigenvalue weighted by molar-refractivity contribution is 6.33. The van der Waals surface area contributed by atoms with Crippen LogP contribution in [0.15, 0.2) is 47.5 Å². The second-order valence-electron chi connectivity index (χ2n) is 13.9. The molecule has 7 rings (SSSR count). The fourth-order valence-corrected chi connectivity index (χ4v) is 7.30. The van der Waals surface area contributed by atoms with Gasteiger partial charge in [0.2, 0.25) is 11.7 Å². The maximum absolute atomic E-state index is 15.2. The highest BCUT2D eigenvalue weighted by Crippen LogP contribution is 2.42. The Balaban J connectivity index is 1.29. The second kappa shape index (κ2) is 14.2. The quantitative estimate of drug-likeness (QED) is 0.219. The number of anilines is 2. The summed E-state index contributed by atoms with van der Waals surface area (Å²) in [6.45, 7) is 4.42. The SMILES string of the molecule is Cc1ncnc(C(=O)N2CCN(c3c4n(c5nc(-c6ccc(CN(C)C)c(F)c6)nn5c3=O)[C@@H](C(=O)Nc3ccc(C(F)(F)F)cc3Cl)C[C@H]4C)CC2)c1O. The molecule has 55 heavy (non-hydrogen) atoms. The summed E-state index contributed by atoms with van der Waals surface area (Å²) in [6.07, 6.45) is -3.27. The number of aromatic hydroxyl groups is 1. The van der Waals surface area contributed by atoms with Gasteiger partial charge in [-0.2, -0.15) is 22.7 Å². The van der Waals surface area contributed by atoms with E-state index in [2.05, 4.69) is 25.4 Å². The van der Waals surface area contributed by atoms with Crippen molar-refractivity contribution < 1.29 is 32.3 Å². The number of nitrogens with one attached hydrogen (secondary N) is 1. The fourth-order valence-electron chi connectivity index (χ4n) is 7.07. The van der Waals surface area contributed by atoms with Crippen LogP contribution >= 0.6 is 11.6 Å². The minimum atomic E-state index is -4.64. The lowest BCUT2D eigenvalue weighted by molar-refractivity contribution is -0.137. The number of aryl methyl sites for hydroxylation is 1. The van der Waals surface area contributed by atoms with Crippen LogP contribution in [0.4, 0.5) is 28.9 Å². The van der Waals surface area contributed by atoms with Gasteiger partial charge >= 0.3 is 6.18 Å². The molecule has 1 saturated heterocycles. The summed E-state index contributed by atoms with van der Waals surface area (Å²) in [5.74, 6) is -2.32. The van der Waals surface area contributed by atoms with Crippen molar-refractivity contribution in [3.05, 3.63) is 92.1 Å². The molecule has 1 fully saturated rings. The first-order valence-corrected chi connectivity index (χ1v) is 17.6. The number of amides is 2. The molecule has 0 aliphatic carbocycles. The molecule has 0 bridgehead atoms. The summed E-state index contributed by atoms with van der Waals surface area (Å²) in [7, 11) is 3.62. The van der Waals surface area contributed by atoms with Gasteiger partial charge < -0.3 is 25.1 Å². The van der Waals surface area contributed by atoms with Crippen LogP contribution in [-0.4, -0.2) is 96.1 Å². The Hall–Kier alpha value is -5.62. The molecule has 2 N–H and O–H groups in total. The second-order valence-corrected chi connectivity index (χ2v) is 14.3. The molecule has 2 aliphatic heterocycles. The lowest BCUT2D eigenvalue weighted by Crippen LogP contribution is -2.51. The minimum Gasteiger partial charge on any atom is -0.504 e. The number of carbonyl (C=O) groups is 2. The predicted octanol–water partition coefficient (Wildman–Crippen LogP) is 4.88. The Morgan fingerprint density at radius 1 is 1.07 bits per heavy atom. The van der Waals surface area contributed by atoms with Crippen molar-refractivity contribution >= 4 is 40.6 Å². The van der Waals surface area contributed by atoms with Gasteiger partial charge in [-0.05, 0) is 51.7 Å². The van der Waals surface area contributed by atoms with E-state index < -0.39 is 46.9 Å². The first-order valence-electron chi connectivity index (χ1n) is 17.2. The van der Waals surface area contributed by atoms with E-state index in [1.165, 1.54) is 17.3 Å². The van der Waals surface area contributed by atoms with Crippen molar-refractivity contribution in [2.45, 2.75) is 44.9 Å². The van der Waals surface area contributed by atoms with E-state index in [1.54, 1.807) is 28.5 Å². The van der Waals surface area contributed by atoms with E-state index in [0.717, 1.165) is 22.7 Å². The molecule has 5 aromatic rings. The normalized spacial score (nSPS) is 17.3. The molecular weight excluding hydrogens is 748 g/mol. The molecule has 2 amide bonds. The van der Waals surface area contributed by atoms with Gasteiger partial charge in [-0.25, -0.2) is 14.4 Å². The average Bonchev–Trinajstić information content (AvgIpc) is 3.73. The summed E-state index contributed by atoms with van der Waals surface area (Å²) >= 11 is 6.19. The fraction of sp³-hybridized carbons (Fsp3) is 0.361. The predicted molar refractivity (Wildman–Crippen MR) is 194 cm³/mol. The van der Waals surface area contributed by atoms with Gasteiger partial charge in [0.25, 0.3) is 11.5 Å². The van der Waals surface area contributed by atoms with Crippen molar-refractivity contribution in [1.82, 2.24) is 38.9 Å². The first kappa shape index (κ1) is 37.7. The molecule has 3 aromatic heterocycles. The Morgan fingerprint density at radius 2 is 1.80 bits per heavy atom. The maximum atomic E-state index is 15.2. The van der Waals surface area contributed by atoms with E-state index in [4.69, 9.17) is 11.6 Å². The number of alkyl halides is 3. The number of fused-ring (bicyclic) bond motifs is 3. The van der Waals surface area contributed by atoms with Crippen LogP contribution in [0.1, 0.15) is 58.3 Å². The van der Waals surface area contributed by atoms with Gasteiger partial charge in [-0.3, -0.25) is 19.0 Å². The molecule has 19 heteroatoms. The Morgan fingerprint density at radius 3 is 2.45 bits per heavy atom. The molecule has 0 unspecified atom stereocenters. The lowest BCUT2D eigenvalue weighted by Gasteiger charge is -2.36. The van der Waals surface area contributed by atoms with Crippen molar-refractivity contribution in [1.29, 1.82) is 0 Å². The van der Waals surface area contributed by atoms with Gasteiger partial charge in [0.1, 0.15) is 23.9 Å². The molecule has 2 aliphatic rings. The third-order valence-electron chi connectivity index (χ3n) is 9.80. The lowest BCUT2D eigenvalue weighted by atomic mass is 10.0. The summed E-state index contributed by atoms with van der Waals surface area (Å²) < 4.78 is 57.8. The highest BCUT2D eigenvalue weighted by Gasteiger charge is 2.41. The molecule has 2 aromatic carbocycles. The van der Waals surface area contributed by atoms with E-state index in [0.29, 0.717) is 17.8 Å². The van der Waals surface area contributed by atoms with Crippen LogP contribution in [0.3, 0.4) is 0 Å². The largest absolute Gasteiger partial charge is 0.504 e. The number of aromatic nitrogens is 6. The topological polar surface area (TPSA) is 154 Å². The number of benzene rings is 2. The zero-order valence-electron chi connectivity index (χ0n) is 30.0. The summed E-state index contributed by atoms with van der Waals surface area (Å²) in [4.78, 5) is 59.4. The number of rotatable bonds is 7. The molecule has 5 heterocycles. The van der Waals surface area contributed by atoms with Gasteiger partial charge in [0, 0.05) is 49.8 Å². The van der Waals surface area contributed by atoms with Crippen LogP contribution < -0.4 is 15.8 Å². The van der Waals surface area contributed by atoms with E-state index in [9.17, 15) is 32.7 Å². The summed E-state index contributed by atoms with van der Waals surface area (Å²) in [5, 5.41) is 17.2. The summed E-state index contributed by atoms with van der Waals surface area (Å²) in [5.41, 5.74) is -0.0426. The van der Waals surface area contributed by atoms with Crippen molar-refractivity contribution in [2.24, 2.45) is 0 Å². The summed E-state index contributed by atoms with van der Waals surface area (Å²) in [6, 6.07) is 6.10. The molecule has 0 spiro atoms. The monoisotopic (exact) mass is 782 g/mol. The van der Waals surface area contributed by atoms with E-state index in [1.807, 2.05) is 25.9 Å². The Labute approximate surface area is 316 Å². The molecule has 14 nitrogen and oxygen atoms in total. The van der Waals surface area contributed by atoms with E-state index in [-0.39, 0.29) is 83.3 Å². The maximum Gasteiger partial charge on any atom is 0.416 e. The number of carbonyl (C=O) groups excluding carboxylic acids is 2. The van der Waals surface area contributed by atoms with Crippen LogP contribution in [0.2, 0.25) is 5.02 Å². The number of hydrogen-bond donors (Lipinski definition) is 2. The van der Waals surface area contributed by atoms with Crippen molar-refractivity contribution in [2.75, 3.05) is 50.5 Å². The molecule has 0 saturated carbocycles. The highest BCUT2D eigenvalue weighted by atomic mass is 35.5. The number of nitrogens with zero attached hydrogens (tertiary/aromatic N) is 9. The molecule has 0 radical (unpaired) electrons.